The zero-order valence-corrected chi connectivity index (χ0v) is 11.0. The second kappa shape index (κ2) is 5.57. The number of aromatic nitrogens is 1. The fraction of sp³-hybridized carbons (Fsp3) is 0.438. The molecule has 1 aliphatic carbocycles. The van der Waals surface area contributed by atoms with Gasteiger partial charge in [0.15, 0.2) is 0 Å². The lowest BCUT2D eigenvalue weighted by Gasteiger charge is -2.23. The molecule has 19 heavy (non-hydrogen) atoms. The number of hydrogen-bond donors (Lipinski definition) is 2. The highest BCUT2D eigenvalue weighted by atomic mass is 16.3. The van der Waals surface area contributed by atoms with Crippen molar-refractivity contribution in [2.24, 2.45) is 0 Å². The lowest BCUT2D eigenvalue weighted by molar-refractivity contribution is 0.144. The number of pyridine rings is 1. The first-order valence-corrected chi connectivity index (χ1v) is 7.13. The average Bonchev–Trinajstić information content (AvgIpc) is 2.65. The van der Waals surface area contributed by atoms with Crippen molar-refractivity contribution in [3.05, 3.63) is 36.5 Å². The maximum Gasteiger partial charge on any atom is 0.0741 e. The molecule has 1 aromatic heterocycles. The Morgan fingerprint density at radius 1 is 1.05 bits per heavy atom. The predicted octanol–water partition coefficient (Wildman–Crippen LogP) is 3.34. The molecule has 100 valence electrons. The Labute approximate surface area is 113 Å². The highest BCUT2D eigenvalue weighted by Crippen LogP contribution is 2.26. The van der Waals surface area contributed by atoms with Crippen LogP contribution in [0, 0.1) is 0 Å². The van der Waals surface area contributed by atoms with Crippen molar-refractivity contribution in [1.82, 2.24) is 4.98 Å². The van der Waals surface area contributed by atoms with Gasteiger partial charge in [-0.15, -0.1) is 0 Å². The molecule has 1 saturated carbocycles. The minimum atomic E-state index is -0.241. The third-order valence-corrected chi connectivity index (χ3v) is 3.97. The lowest BCUT2D eigenvalue weighted by atomic mass is 10.0. The maximum atomic E-state index is 10.2. The fourth-order valence-corrected chi connectivity index (χ4v) is 2.88. The van der Waals surface area contributed by atoms with Gasteiger partial charge in [-0.3, -0.25) is 4.98 Å². The first kappa shape index (κ1) is 12.4. The molecule has 2 atom stereocenters. The van der Waals surface area contributed by atoms with Crippen LogP contribution in [0.25, 0.3) is 10.9 Å². The van der Waals surface area contributed by atoms with E-state index >= 15 is 0 Å². The summed E-state index contributed by atoms with van der Waals surface area (Å²) < 4.78 is 0. The summed E-state index contributed by atoms with van der Waals surface area (Å²) in [5.74, 6) is 0. The molecule has 3 nitrogen and oxygen atoms in total. The SMILES string of the molecule is OC1CCCCCC1Nc1ccnc2ccccc12. The monoisotopic (exact) mass is 256 g/mol. The Morgan fingerprint density at radius 2 is 1.89 bits per heavy atom. The molecule has 0 aliphatic heterocycles. The van der Waals surface area contributed by atoms with E-state index in [2.05, 4.69) is 16.4 Å². The number of nitrogens with zero attached hydrogens (tertiary/aromatic N) is 1. The van der Waals surface area contributed by atoms with Crippen LogP contribution in [0.3, 0.4) is 0 Å². The minimum absolute atomic E-state index is 0.160. The van der Waals surface area contributed by atoms with Crippen LogP contribution in [-0.4, -0.2) is 22.2 Å². The van der Waals surface area contributed by atoms with Gasteiger partial charge >= 0.3 is 0 Å². The van der Waals surface area contributed by atoms with E-state index in [1.54, 1.807) is 0 Å². The van der Waals surface area contributed by atoms with E-state index in [0.29, 0.717) is 0 Å². The first-order valence-electron chi connectivity index (χ1n) is 7.13. The first-order chi connectivity index (χ1) is 9.34. The van der Waals surface area contributed by atoms with Gasteiger partial charge in [-0.05, 0) is 25.0 Å². The van der Waals surface area contributed by atoms with Crippen LogP contribution in [0.1, 0.15) is 32.1 Å². The number of benzene rings is 1. The molecule has 2 N–H and O–H groups in total. The van der Waals surface area contributed by atoms with Crippen LogP contribution in [0.15, 0.2) is 36.5 Å². The third kappa shape index (κ3) is 2.71. The van der Waals surface area contributed by atoms with E-state index < -0.39 is 0 Å². The molecule has 1 fully saturated rings. The summed E-state index contributed by atoms with van der Waals surface area (Å²) in [6.07, 6.45) is 7.08. The van der Waals surface area contributed by atoms with E-state index in [1.165, 1.54) is 12.8 Å². The van der Waals surface area contributed by atoms with Crippen LogP contribution in [0.5, 0.6) is 0 Å². The van der Waals surface area contributed by atoms with E-state index in [-0.39, 0.29) is 12.1 Å². The van der Waals surface area contributed by atoms with Crippen LogP contribution in [0.4, 0.5) is 5.69 Å². The number of aliphatic hydroxyl groups excluding tert-OH is 1. The smallest absolute Gasteiger partial charge is 0.0741 e. The normalized spacial score (nSPS) is 24.1. The summed E-state index contributed by atoms with van der Waals surface area (Å²) in [6.45, 7) is 0. The zero-order valence-electron chi connectivity index (χ0n) is 11.0. The van der Waals surface area contributed by atoms with Gasteiger partial charge in [-0.1, -0.05) is 37.5 Å². The van der Waals surface area contributed by atoms with Crippen molar-refractivity contribution in [2.75, 3.05) is 5.32 Å². The van der Waals surface area contributed by atoms with Gasteiger partial charge in [0.2, 0.25) is 0 Å². The summed E-state index contributed by atoms with van der Waals surface area (Å²) in [5.41, 5.74) is 2.08. The van der Waals surface area contributed by atoms with Gasteiger partial charge < -0.3 is 10.4 Å². The maximum absolute atomic E-state index is 10.2. The van der Waals surface area contributed by atoms with Crippen molar-refractivity contribution in [3.63, 3.8) is 0 Å². The molecule has 0 amide bonds. The number of nitrogens with one attached hydrogen (secondary N) is 1. The predicted molar refractivity (Wildman–Crippen MR) is 78.2 cm³/mol. The lowest BCUT2D eigenvalue weighted by Crippen LogP contribution is -2.32. The van der Waals surface area contributed by atoms with Crippen molar-refractivity contribution in [1.29, 1.82) is 0 Å². The van der Waals surface area contributed by atoms with Gasteiger partial charge in [0.05, 0.1) is 17.7 Å². The summed E-state index contributed by atoms with van der Waals surface area (Å²) in [5, 5.41) is 14.9. The number of aliphatic hydroxyl groups is 1. The Balaban J connectivity index is 1.88. The molecule has 0 spiro atoms. The zero-order chi connectivity index (χ0) is 13.1. The molecule has 2 aromatic rings. The summed E-state index contributed by atoms with van der Waals surface area (Å²) >= 11 is 0. The number of hydrogen-bond acceptors (Lipinski definition) is 3. The molecule has 1 heterocycles. The summed E-state index contributed by atoms with van der Waals surface area (Å²) in [4.78, 5) is 4.37. The summed E-state index contributed by atoms with van der Waals surface area (Å²) in [6, 6.07) is 10.3. The van der Waals surface area contributed by atoms with E-state index in [0.717, 1.165) is 35.9 Å². The molecule has 0 saturated heterocycles. The highest BCUT2D eigenvalue weighted by molar-refractivity contribution is 5.90. The largest absolute Gasteiger partial charge is 0.391 e. The quantitative estimate of drug-likeness (QED) is 0.810. The van der Waals surface area contributed by atoms with Gasteiger partial charge in [0, 0.05) is 17.3 Å². The van der Waals surface area contributed by atoms with Crippen LogP contribution >= 0.6 is 0 Å². The minimum Gasteiger partial charge on any atom is -0.391 e. The number of para-hydroxylation sites is 1. The van der Waals surface area contributed by atoms with Gasteiger partial charge in [-0.2, -0.15) is 0 Å². The van der Waals surface area contributed by atoms with E-state index in [9.17, 15) is 5.11 Å². The van der Waals surface area contributed by atoms with Crippen molar-refractivity contribution >= 4 is 16.6 Å². The van der Waals surface area contributed by atoms with Gasteiger partial charge in [0.1, 0.15) is 0 Å². The van der Waals surface area contributed by atoms with Crippen LogP contribution in [-0.2, 0) is 0 Å². The van der Waals surface area contributed by atoms with Gasteiger partial charge in [-0.25, -0.2) is 0 Å². The number of anilines is 1. The Bertz CT molecular complexity index is 550. The molecule has 1 aromatic carbocycles. The van der Waals surface area contributed by atoms with E-state index in [1.807, 2.05) is 30.5 Å². The fourth-order valence-electron chi connectivity index (χ4n) is 2.88. The second-order valence-electron chi connectivity index (χ2n) is 5.33. The Kier molecular flexibility index (Phi) is 3.65. The molecule has 3 heteroatoms. The van der Waals surface area contributed by atoms with Crippen molar-refractivity contribution in [2.45, 2.75) is 44.2 Å². The highest BCUT2D eigenvalue weighted by Gasteiger charge is 2.21. The number of rotatable bonds is 2. The second-order valence-corrected chi connectivity index (χ2v) is 5.33. The standard InChI is InChI=1S/C16H20N2O/c19-16-9-3-1-2-8-15(16)18-14-10-11-17-13-7-5-4-6-12(13)14/h4-7,10-11,15-16,19H,1-3,8-9H2,(H,17,18). The average molecular weight is 256 g/mol. The van der Waals surface area contributed by atoms with E-state index in [4.69, 9.17) is 0 Å². The van der Waals surface area contributed by atoms with Crippen LogP contribution in [0.2, 0.25) is 0 Å². The molecule has 0 bridgehead atoms. The van der Waals surface area contributed by atoms with Crippen molar-refractivity contribution in [3.8, 4) is 0 Å². The molecular formula is C16H20N2O. The number of fused-ring (bicyclic) bond motifs is 1. The molecule has 2 unspecified atom stereocenters. The summed E-state index contributed by atoms with van der Waals surface area (Å²) in [7, 11) is 0. The van der Waals surface area contributed by atoms with Gasteiger partial charge in [0.25, 0.3) is 0 Å². The molecule has 0 radical (unpaired) electrons. The topological polar surface area (TPSA) is 45.1 Å². The van der Waals surface area contributed by atoms with Crippen LogP contribution < -0.4 is 5.32 Å². The molecule has 1 aliphatic rings. The molecule has 3 rings (SSSR count). The van der Waals surface area contributed by atoms with Crippen molar-refractivity contribution < 1.29 is 5.11 Å². The third-order valence-electron chi connectivity index (χ3n) is 3.97. The Morgan fingerprint density at radius 3 is 2.84 bits per heavy atom. The molecular weight excluding hydrogens is 236 g/mol. The Hall–Kier alpha value is -1.61.